The number of methoxy groups -OCH3 is 1. The van der Waals surface area contributed by atoms with Crippen molar-refractivity contribution >= 4 is 52.6 Å². The number of aliphatic imine (C=N–C) groups is 1. The second-order valence-electron chi connectivity index (χ2n) is 6.03. The van der Waals surface area contributed by atoms with Crippen molar-refractivity contribution in [3.63, 3.8) is 0 Å². The number of halogens is 2. The van der Waals surface area contributed by atoms with Crippen molar-refractivity contribution in [3.05, 3.63) is 76.2 Å². The highest BCUT2D eigenvalue weighted by atomic mass is 35.5. The Morgan fingerprint density at radius 2 is 1.90 bits per heavy atom. The molecule has 0 unspecified atom stereocenters. The zero-order valence-electron chi connectivity index (χ0n) is 15.8. The van der Waals surface area contributed by atoms with Crippen LogP contribution in [0.3, 0.4) is 0 Å². The predicted molar refractivity (Wildman–Crippen MR) is 116 cm³/mol. The third-order valence-corrected chi connectivity index (χ3v) is 4.62. The number of hydrogen-bond donors (Lipinski definition) is 2. The Morgan fingerprint density at radius 3 is 2.67 bits per heavy atom. The number of amides is 2. The van der Waals surface area contributed by atoms with Gasteiger partial charge in [-0.15, -0.1) is 0 Å². The van der Waals surface area contributed by atoms with Gasteiger partial charge in [-0.2, -0.15) is 0 Å². The average Bonchev–Trinajstić information content (AvgIpc) is 3.21. The Bertz CT molecular complexity index is 1100. The minimum absolute atomic E-state index is 0.0423. The van der Waals surface area contributed by atoms with E-state index < -0.39 is 11.8 Å². The maximum Gasteiger partial charge on any atom is 0.313 e. The molecule has 3 aromatic rings. The summed E-state index contributed by atoms with van der Waals surface area (Å²) in [4.78, 5) is 28.3. The second kappa shape index (κ2) is 9.96. The molecule has 0 spiro atoms. The lowest BCUT2D eigenvalue weighted by Gasteiger charge is -2.06. The summed E-state index contributed by atoms with van der Waals surface area (Å²) >= 11 is 11.7. The first-order valence-corrected chi connectivity index (χ1v) is 9.51. The zero-order chi connectivity index (χ0) is 21.5. The van der Waals surface area contributed by atoms with E-state index in [1.165, 1.54) is 12.1 Å². The Hall–Kier alpha value is -3.29. The molecule has 7 nitrogen and oxygen atoms in total. The molecule has 2 amide bonds. The lowest BCUT2D eigenvalue weighted by atomic mass is 10.3. The van der Waals surface area contributed by atoms with E-state index >= 15 is 0 Å². The molecule has 0 aliphatic heterocycles. The van der Waals surface area contributed by atoms with Crippen LogP contribution in [0.4, 0.5) is 11.4 Å². The summed E-state index contributed by atoms with van der Waals surface area (Å²) in [7, 11) is 1.58. The first kappa shape index (κ1) is 21.4. The van der Waals surface area contributed by atoms with Crippen LogP contribution in [0.5, 0.6) is 5.75 Å². The molecule has 154 valence electrons. The van der Waals surface area contributed by atoms with E-state index in [1.807, 2.05) is 18.2 Å². The molecule has 1 aromatic heterocycles. The number of furan rings is 1. The van der Waals surface area contributed by atoms with Crippen LogP contribution in [0.1, 0.15) is 11.5 Å². The minimum atomic E-state index is -0.834. The minimum Gasteiger partial charge on any atom is -0.497 e. The molecular weight excluding hydrogens is 429 g/mol. The number of anilines is 1. The summed E-state index contributed by atoms with van der Waals surface area (Å²) in [5, 5.41) is 5.55. The van der Waals surface area contributed by atoms with E-state index in [2.05, 4.69) is 15.6 Å². The summed E-state index contributed by atoms with van der Waals surface area (Å²) in [6.45, 7) is 0.0423. The largest absolute Gasteiger partial charge is 0.497 e. The highest BCUT2D eigenvalue weighted by molar-refractivity contribution is 6.42. The van der Waals surface area contributed by atoms with Crippen molar-refractivity contribution in [1.29, 1.82) is 0 Å². The Labute approximate surface area is 182 Å². The van der Waals surface area contributed by atoms with Gasteiger partial charge in [0.2, 0.25) is 0 Å². The first-order valence-electron chi connectivity index (χ1n) is 8.75. The van der Waals surface area contributed by atoms with Gasteiger partial charge in [-0.3, -0.25) is 14.6 Å². The van der Waals surface area contributed by atoms with Gasteiger partial charge in [0.05, 0.1) is 35.6 Å². The van der Waals surface area contributed by atoms with Crippen LogP contribution >= 0.6 is 23.2 Å². The summed E-state index contributed by atoms with van der Waals surface area (Å²) in [6, 6.07) is 15.2. The van der Waals surface area contributed by atoms with E-state index in [0.29, 0.717) is 33.7 Å². The third kappa shape index (κ3) is 5.85. The first-order chi connectivity index (χ1) is 14.4. The summed E-state index contributed by atoms with van der Waals surface area (Å²) < 4.78 is 10.7. The topological polar surface area (TPSA) is 92.9 Å². The number of hydrogen-bond acceptors (Lipinski definition) is 5. The molecule has 0 saturated heterocycles. The summed E-state index contributed by atoms with van der Waals surface area (Å²) in [5.74, 6) is 0.0237. The monoisotopic (exact) mass is 445 g/mol. The normalized spacial score (nSPS) is 10.8. The number of carbonyl (C=O) groups is 2. The van der Waals surface area contributed by atoms with Crippen LogP contribution in [0, 0.1) is 0 Å². The molecule has 0 aliphatic rings. The molecule has 0 atom stereocenters. The molecule has 0 radical (unpaired) electrons. The second-order valence-corrected chi connectivity index (χ2v) is 6.84. The number of rotatable bonds is 6. The van der Waals surface area contributed by atoms with Gasteiger partial charge in [-0.25, -0.2) is 0 Å². The van der Waals surface area contributed by atoms with E-state index in [4.69, 9.17) is 32.4 Å². The third-order valence-electron chi connectivity index (χ3n) is 3.88. The van der Waals surface area contributed by atoms with Crippen molar-refractivity contribution in [3.8, 4) is 5.75 Å². The lowest BCUT2D eigenvalue weighted by molar-refractivity contribution is -0.136. The number of carbonyl (C=O) groups excluding carboxylic acids is 2. The molecule has 0 bridgehead atoms. The Balaban J connectivity index is 1.52. The van der Waals surface area contributed by atoms with Crippen LogP contribution in [-0.2, 0) is 16.1 Å². The standard InChI is InChI=1S/C21H17Cl2N3O4/c1-29-15-4-2-3-13(9-15)24-11-16-6-7-17(30-16)12-25-20(27)21(28)26-14-5-8-18(22)19(23)10-14/h2-11H,12H2,1H3,(H,25,27)(H,26,28). The Kier molecular flexibility index (Phi) is 7.11. The summed E-state index contributed by atoms with van der Waals surface area (Å²) in [5.41, 5.74) is 1.07. The SMILES string of the molecule is COc1cccc(N=Cc2ccc(CNC(=O)C(=O)Nc3ccc(Cl)c(Cl)c3)o2)c1. The number of benzene rings is 2. The Morgan fingerprint density at radius 1 is 1.07 bits per heavy atom. The van der Waals surface area contributed by atoms with Crippen molar-refractivity contribution in [2.24, 2.45) is 4.99 Å². The highest BCUT2D eigenvalue weighted by Gasteiger charge is 2.14. The molecule has 1 heterocycles. The van der Waals surface area contributed by atoms with Crippen molar-refractivity contribution in [2.75, 3.05) is 12.4 Å². The van der Waals surface area contributed by atoms with Crippen molar-refractivity contribution < 1.29 is 18.7 Å². The van der Waals surface area contributed by atoms with Gasteiger partial charge < -0.3 is 19.8 Å². The van der Waals surface area contributed by atoms with E-state index in [1.54, 1.807) is 37.6 Å². The zero-order valence-corrected chi connectivity index (χ0v) is 17.3. The van der Waals surface area contributed by atoms with Crippen LogP contribution in [-0.4, -0.2) is 25.1 Å². The number of ether oxygens (including phenoxy) is 1. The maximum atomic E-state index is 12.0. The molecule has 0 saturated carbocycles. The summed E-state index contributed by atoms with van der Waals surface area (Å²) in [6.07, 6.45) is 1.55. The number of nitrogens with zero attached hydrogens (tertiary/aromatic N) is 1. The quantitative estimate of drug-likeness (QED) is 0.428. The molecule has 3 rings (SSSR count). The van der Waals surface area contributed by atoms with Crippen molar-refractivity contribution in [2.45, 2.75) is 6.54 Å². The highest BCUT2D eigenvalue weighted by Crippen LogP contribution is 2.25. The van der Waals surface area contributed by atoms with Crippen LogP contribution < -0.4 is 15.4 Å². The van der Waals surface area contributed by atoms with Gasteiger partial charge in [-0.05, 0) is 42.5 Å². The number of nitrogens with one attached hydrogen (secondary N) is 2. The molecule has 9 heteroatoms. The fraction of sp³-hybridized carbons (Fsp3) is 0.0952. The van der Waals surface area contributed by atoms with Gasteiger partial charge >= 0.3 is 11.8 Å². The van der Waals surface area contributed by atoms with Crippen LogP contribution in [0.15, 0.2) is 64.0 Å². The predicted octanol–water partition coefficient (Wildman–Crippen LogP) is 4.60. The van der Waals surface area contributed by atoms with Crippen molar-refractivity contribution in [1.82, 2.24) is 5.32 Å². The molecule has 0 fully saturated rings. The molecule has 2 N–H and O–H groups in total. The van der Waals surface area contributed by atoms with Crippen LogP contribution in [0.25, 0.3) is 0 Å². The van der Waals surface area contributed by atoms with Gasteiger partial charge in [0, 0.05) is 11.8 Å². The lowest BCUT2D eigenvalue weighted by Crippen LogP contribution is -2.34. The molecule has 2 aromatic carbocycles. The molecular formula is C21H17Cl2N3O4. The van der Waals surface area contributed by atoms with Gasteiger partial charge in [0.25, 0.3) is 0 Å². The van der Waals surface area contributed by atoms with E-state index in [-0.39, 0.29) is 11.6 Å². The van der Waals surface area contributed by atoms with Gasteiger partial charge in [0.1, 0.15) is 17.3 Å². The fourth-order valence-electron chi connectivity index (χ4n) is 2.40. The molecule has 30 heavy (non-hydrogen) atoms. The molecule has 0 aliphatic carbocycles. The average molecular weight is 446 g/mol. The van der Waals surface area contributed by atoms with Gasteiger partial charge in [0.15, 0.2) is 0 Å². The van der Waals surface area contributed by atoms with E-state index in [9.17, 15) is 9.59 Å². The fourth-order valence-corrected chi connectivity index (χ4v) is 2.70. The van der Waals surface area contributed by atoms with Crippen LogP contribution in [0.2, 0.25) is 10.0 Å². The van der Waals surface area contributed by atoms with Gasteiger partial charge in [-0.1, -0.05) is 29.3 Å². The maximum absolute atomic E-state index is 12.0. The smallest absolute Gasteiger partial charge is 0.313 e. The van der Waals surface area contributed by atoms with E-state index in [0.717, 1.165) is 0 Å².